The molecule has 1 heterocycles. The van der Waals surface area contributed by atoms with Crippen LogP contribution in [0, 0.1) is 13.8 Å². The monoisotopic (exact) mass is 331 g/mol. The fourth-order valence-corrected chi connectivity index (χ4v) is 1.70. The summed E-state index contributed by atoms with van der Waals surface area (Å²) in [6, 6.07) is 6.40. The number of nitrogens with one attached hydrogen (secondary N) is 2. The minimum Gasteiger partial charge on any atom is -0.355 e. The van der Waals surface area contributed by atoms with Crippen molar-refractivity contribution in [1.29, 1.82) is 0 Å². The summed E-state index contributed by atoms with van der Waals surface area (Å²) in [5, 5.41) is 6.50. The fraction of sp³-hybridized carbons (Fsp3) is 0.417. The molecular weight excluding hydrogens is 313 g/mol. The maximum Gasteiger partial charge on any atom is 0.191 e. The minimum absolute atomic E-state index is 0. The fourth-order valence-electron chi connectivity index (χ4n) is 1.70. The van der Waals surface area contributed by atoms with E-state index < -0.39 is 0 Å². The molecule has 0 amide bonds. The van der Waals surface area contributed by atoms with Gasteiger partial charge in [-0.1, -0.05) is 18.2 Å². The predicted molar refractivity (Wildman–Crippen MR) is 78.5 cm³/mol. The molecule has 0 aliphatic carbocycles. The smallest absolute Gasteiger partial charge is 0.191 e. The van der Waals surface area contributed by atoms with Crippen molar-refractivity contribution < 1.29 is 0 Å². The first kappa shape index (κ1) is 13.3. The summed E-state index contributed by atoms with van der Waals surface area (Å²) in [4.78, 5) is 4.30. The lowest BCUT2D eigenvalue weighted by Gasteiger charge is -2.10. The highest BCUT2D eigenvalue weighted by Crippen LogP contribution is 2.12. The lowest BCUT2D eigenvalue weighted by atomic mass is 10.0. The van der Waals surface area contributed by atoms with Gasteiger partial charge in [-0.2, -0.15) is 0 Å². The van der Waals surface area contributed by atoms with E-state index in [2.05, 4.69) is 47.7 Å². The molecule has 88 valence electrons. The van der Waals surface area contributed by atoms with Gasteiger partial charge in [0.25, 0.3) is 0 Å². The zero-order chi connectivity index (χ0) is 10.7. The van der Waals surface area contributed by atoms with Crippen LogP contribution in [0.1, 0.15) is 16.7 Å². The maximum absolute atomic E-state index is 4.30. The van der Waals surface area contributed by atoms with Gasteiger partial charge in [-0.3, -0.25) is 4.99 Å². The summed E-state index contributed by atoms with van der Waals surface area (Å²) < 4.78 is 0. The van der Waals surface area contributed by atoms with Gasteiger partial charge in [0.2, 0.25) is 0 Å². The Balaban J connectivity index is 0.00000128. The second-order valence-electron chi connectivity index (χ2n) is 3.87. The number of hydrogen-bond acceptors (Lipinski definition) is 3. The third-order valence-electron chi connectivity index (χ3n) is 2.84. The van der Waals surface area contributed by atoms with Crippen LogP contribution >= 0.6 is 24.0 Å². The van der Waals surface area contributed by atoms with Crippen molar-refractivity contribution in [2.24, 2.45) is 4.99 Å². The molecule has 0 radical (unpaired) electrons. The van der Waals surface area contributed by atoms with Crippen LogP contribution in [-0.2, 0) is 6.54 Å². The van der Waals surface area contributed by atoms with E-state index >= 15 is 0 Å². The van der Waals surface area contributed by atoms with E-state index in [-0.39, 0.29) is 24.0 Å². The largest absolute Gasteiger partial charge is 0.355 e. The molecule has 0 saturated heterocycles. The van der Waals surface area contributed by atoms with Crippen molar-refractivity contribution in [1.82, 2.24) is 10.6 Å². The highest BCUT2D eigenvalue weighted by atomic mass is 127. The van der Waals surface area contributed by atoms with Gasteiger partial charge in [-0.15, -0.1) is 24.0 Å². The Bertz CT molecular complexity index is 388. The summed E-state index contributed by atoms with van der Waals surface area (Å²) in [6.45, 7) is 6.99. The molecule has 3 nitrogen and oxygen atoms in total. The van der Waals surface area contributed by atoms with Crippen LogP contribution < -0.4 is 10.6 Å². The van der Waals surface area contributed by atoms with Crippen molar-refractivity contribution in [2.75, 3.05) is 13.1 Å². The van der Waals surface area contributed by atoms with Crippen LogP contribution in [0.3, 0.4) is 0 Å². The molecule has 0 fully saturated rings. The molecule has 1 aromatic rings. The average molecular weight is 331 g/mol. The van der Waals surface area contributed by atoms with Crippen molar-refractivity contribution in [2.45, 2.75) is 20.4 Å². The van der Waals surface area contributed by atoms with Crippen LogP contribution in [0.4, 0.5) is 0 Å². The number of halogens is 1. The molecular formula is C12H18IN3. The van der Waals surface area contributed by atoms with Gasteiger partial charge in [0.15, 0.2) is 5.96 Å². The van der Waals surface area contributed by atoms with Gasteiger partial charge in [-0.25, -0.2) is 0 Å². The van der Waals surface area contributed by atoms with Gasteiger partial charge in [0, 0.05) is 13.1 Å². The minimum atomic E-state index is 0. The van der Waals surface area contributed by atoms with Crippen molar-refractivity contribution in [3.8, 4) is 0 Å². The molecule has 1 aliphatic rings. The van der Waals surface area contributed by atoms with E-state index in [9.17, 15) is 0 Å². The molecule has 4 heteroatoms. The van der Waals surface area contributed by atoms with Crippen molar-refractivity contribution in [3.05, 3.63) is 34.9 Å². The molecule has 0 saturated carbocycles. The van der Waals surface area contributed by atoms with E-state index in [0.29, 0.717) is 0 Å². The van der Waals surface area contributed by atoms with Crippen LogP contribution in [0.5, 0.6) is 0 Å². The SMILES string of the molecule is Cc1cccc(CNC2=NCCN2)c1C.I. The highest BCUT2D eigenvalue weighted by Gasteiger charge is 2.05. The van der Waals surface area contributed by atoms with Crippen LogP contribution in [0.15, 0.2) is 23.2 Å². The van der Waals surface area contributed by atoms with E-state index in [0.717, 1.165) is 25.6 Å². The zero-order valence-corrected chi connectivity index (χ0v) is 12.0. The second-order valence-corrected chi connectivity index (χ2v) is 3.87. The summed E-state index contributed by atoms with van der Waals surface area (Å²) in [5.41, 5.74) is 4.05. The first-order valence-electron chi connectivity index (χ1n) is 5.34. The van der Waals surface area contributed by atoms with Crippen molar-refractivity contribution in [3.63, 3.8) is 0 Å². The Morgan fingerprint density at radius 2 is 2.19 bits per heavy atom. The second kappa shape index (κ2) is 6.08. The number of nitrogens with zero attached hydrogens (tertiary/aromatic N) is 1. The molecule has 0 bridgehead atoms. The molecule has 0 unspecified atom stereocenters. The molecule has 0 atom stereocenters. The topological polar surface area (TPSA) is 36.4 Å². The number of rotatable bonds is 2. The van der Waals surface area contributed by atoms with E-state index in [1.807, 2.05) is 0 Å². The third-order valence-corrected chi connectivity index (χ3v) is 2.84. The lowest BCUT2D eigenvalue weighted by molar-refractivity contribution is 0.860. The Kier molecular flexibility index (Phi) is 5.05. The Morgan fingerprint density at radius 3 is 2.88 bits per heavy atom. The Morgan fingerprint density at radius 1 is 1.38 bits per heavy atom. The summed E-state index contributed by atoms with van der Waals surface area (Å²) >= 11 is 0. The first-order valence-corrected chi connectivity index (χ1v) is 5.34. The molecule has 2 rings (SSSR count). The lowest BCUT2D eigenvalue weighted by Crippen LogP contribution is -2.33. The maximum atomic E-state index is 4.30. The van der Waals surface area contributed by atoms with Gasteiger partial charge >= 0.3 is 0 Å². The summed E-state index contributed by atoms with van der Waals surface area (Å²) in [6.07, 6.45) is 0. The zero-order valence-electron chi connectivity index (χ0n) is 9.71. The normalized spacial score (nSPS) is 13.8. The molecule has 16 heavy (non-hydrogen) atoms. The molecule has 0 aromatic heterocycles. The van der Waals surface area contributed by atoms with Gasteiger partial charge in [-0.05, 0) is 30.5 Å². The molecule has 0 spiro atoms. The van der Waals surface area contributed by atoms with Crippen LogP contribution in [0.25, 0.3) is 0 Å². The highest BCUT2D eigenvalue weighted by molar-refractivity contribution is 14.0. The average Bonchev–Trinajstić information content (AvgIpc) is 2.73. The summed E-state index contributed by atoms with van der Waals surface area (Å²) in [7, 11) is 0. The number of guanidine groups is 1. The van der Waals surface area contributed by atoms with Gasteiger partial charge in [0.1, 0.15) is 0 Å². The third kappa shape index (κ3) is 3.10. The number of hydrogen-bond donors (Lipinski definition) is 2. The molecule has 2 N–H and O–H groups in total. The van der Waals surface area contributed by atoms with E-state index in [4.69, 9.17) is 0 Å². The predicted octanol–water partition coefficient (Wildman–Crippen LogP) is 1.97. The standard InChI is InChI=1S/C12H17N3.HI/c1-9-4-3-5-11(10(9)2)8-15-12-13-6-7-14-12;/h3-5H,6-8H2,1-2H3,(H2,13,14,15);1H. The van der Waals surface area contributed by atoms with E-state index in [1.54, 1.807) is 0 Å². The van der Waals surface area contributed by atoms with E-state index in [1.165, 1.54) is 16.7 Å². The first-order chi connectivity index (χ1) is 7.27. The summed E-state index contributed by atoms with van der Waals surface area (Å²) in [5.74, 6) is 0.927. The molecule has 1 aliphatic heterocycles. The number of aliphatic imine (C=N–C) groups is 1. The van der Waals surface area contributed by atoms with Crippen LogP contribution in [-0.4, -0.2) is 19.0 Å². The van der Waals surface area contributed by atoms with Crippen LogP contribution in [0.2, 0.25) is 0 Å². The van der Waals surface area contributed by atoms with Gasteiger partial charge < -0.3 is 10.6 Å². The van der Waals surface area contributed by atoms with Crippen molar-refractivity contribution >= 4 is 29.9 Å². The van der Waals surface area contributed by atoms with Gasteiger partial charge in [0.05, 0.1) is 6.54 Å². The quantitative estimate of drug-likeness (QED) is 0.813. The molecule has 1 aromatic carbocycles. The number of benzene rings is 1. The Hall–Kier alpha value is -0.780. The number of aryl methyl sites for hydroxylation is 1. The Labute approximate surface area is 114 Å².